The van der Waals surface area contributed by atoms with Crippen molar-refractivity contribution in [2.24, 2.45) is 5.73 Å². The lowest BCUT2D eigenvalue weighted by atomic mass is 10.0. The van der Waals surface area contributed by atoms with Crippen LogP contribution in [0.5, 0.6) is 0 Å². The van der Waals surface area contributed by atoms with E-state index in [4.69, 9.17) is 17.3 Å². The van der Waals surface area contributed by atoms with E-state index in [1.54, 1.807) is 6.07 Å². The molecule has 0 aliphatic rings. The smallest absolute Gasteiger partial charge is 0.124 e. The van der Waals surface area contributed by atoms with Crippen LogP contribution in [-0.2, 0) is 6.42 Å². The van der Waals surface area contributed by atoms with Crippen molar-refractivity contribution < 1.29 is 4.39 Å². The van der Waals surface area contributed by atoms with Gasteiger partial charge in [-0.15, -0.1) is 0 Å². The molecular weight excluding hydrogens is 189 g/mol. The number of hydrogen-bond acceptors (Lipinski definition) is 1. The van der Waals surface area contributed by atoms with Gasteiger partial charge in [-0.1, -0.05) is 24.6 Å². The summed E-state index contributed by atoms with van der Waals surface area (Å²) >= 11 is 5.84. The van der Waals surface area contributed by atoms with Gasteiger partial charge in [0, 0.05) is 11.1 Å². The van der Waals surface area contributed by atoms with Crippen LogP contribution in [0, 0.1) is 5.82 Å². The van der Waals surface area contributed by atoms with Crippen molar-refractivity contribution in [3.63, 3.8) is 0 Å². The molecule has 2 N–H and O–H groups in total. The van der Waals surface area contributed by atoms with Crippen molar-refractivity contribution in [3.8, 4) is 0 Å². The fourth-order valence-corrected chi connectivity index (χ4v) is 1.36. The van der Waals surface area contributed by atoms with E-state index in [0.717, 1.165) is 12.0 Å². The fraction of sp³-hybridized carbons (Fsp3) is 0.400. The molecule has 0 heterocycles. The van der Waals surface area contributed by atoms with Gasteiger partial charge >= 0.3 is 0 Å². The molecule has 1 aromatic rings. The average molecular weight is 202 g/mol. The minimum absolute atomic E-state index is 0.1000. The summed E-state index contributed by atoms with van der Waals surface area (Å²) in [5.74, 6) is -0.307. The molecule has 1 nitrogen and oxygen atoms in total. The molecule has 0 spiro atoms. The predicted molar refractivity (Wildman–Crippen MR) is 53.4 cm³/mol. The van der Waals surface area contributed by atoms with Crippen LogP contribution in [0.4, 0.5) is 4.39 Å². The molecule has 1 atom stereocenters. The first-order chi connectivity index (χ1) is 6.13. The van der Waals surface area contributed by atoms with E-state index in [1.807, 2.05) is 6.92 Å². The van der Waals surface area contributed by atoms with Crippen LogP contribution < -0.4 is 5.73 Å². The highest BCUT2D eigenvalue weighted by atomic mass is 35.5. The summed E-state index contributed by atoms with van der Waals surface area (Å²) in [5.41, 5.74) is 6.67. The zero-order valence-electron chi connectivity index (χ0n) is 7.56. The van der Waals surface area contributed by atoms with Gasteiger partial charge in [-0.05, 0) is 30.5 Å². The van der Waals surface area contributed by atoms with Crippen molar-refractivity contribution in [1.29, 1.82) is 0 Å². The van der Waals surface area contributed by atoms with E-state index in [1.165, 1.54) is 12.1 Å². The summed E-state index contributed by atoms with van der Waals surface area (Å²) in [5, 5.41) is 0.462. The SMILES string of the molecule is CC[C@H](N)Cc1ccc(F)cc1Cl. The lowest BCUT2D eigenvalue weighted by molar-refractivity contribution is 0.621. The molecule has 0 bridgehead atoms. The summed E-state index contributed by atoms with van der Waals surface area (Å²) in [6.45, 7) is 2.02. The first-order valence-electron chi connectivity index (χ1n) is 4.33. The van der Waals surface area contributed by atoms with E-state index in [-0.39, 0.29) is 11.9 Å². The molecule has 0 saturated heterocycles. The van der Waals surface area contributed by atoms with Crippen molar-refractivity contribution in [2.45, 2.75) is 25.8 Å². The van der Waals surface area contributed by atoms with Gasteiger partial charge in [0.2, 0.25) is 0 Å². The second-order valence-electron chi connectivity index (χ2n) is 3.11. The maximum absolute atomic E-state index is 12.7. The van der Waals surface area contributed by atoms with Gasteiger partial charge in [-0.2, -0.15) is 0 Å². The van der Waals surface area contributed by atoms with Crippen LogP contribution >= 0.6 is 11.6 Å². The summed E-state index contributed by atoms with van der Waals surface area (Å²) in [6, 6.07) is 4.51. The Bertz CT molecular complexity index is 288. The molecule has 72 valence electrons. The maximum atomic E-state index is 12.7. The number of nitrogens with two attached hydrogens (primary N) is 1. The third-order valence-corrected chi connectivity index (χ3v) is 2.37. The molecule has 13 heavy (non-hydrogen) atoms. The Morgan fingerprint density at radius 1 is 1.54 bits per heavy atom. The topological polar surface area (TPSA) is 26.0 Å². The van der Waals surface area contributed by atoms with Gasteiger partial charge in [0.15, 0.2) is 0 Å². The Morgan fingerprint density at radius 2 is 2.23 bits per heavy atom. The van der Waals surface area contributed by atoms with E-state index in [9.17, 15) is 4.39 Å². The molecule has 0 radical (unpaired) electrons. The van der Waals surface area contributed by atoms with Gasteiger partial charge in [0.05, 0.1) is 0 Å². The normalized spacial score (nSPS) is 12.9. The van der Waals surface area contributed by atoms with Crippen molar-refractivity contribution in [2.75, 3.05) is 0 Å². The average Bonchev–Trinajstić information content (AvgIpc) is 2.09. The van der Waals surface area contributed by atoms with Gasteiger partial charge < -0.3 is 5.73 Å². The molecule has 0 aromatic heterocycles. The third kappa shape index (κ3) is 2.98. The highest BCUT2D eigenvalue weighted by molar-refractivity contribution is 6.31. The molecule has 0 aliphatic heterocycles. The van der Waals surface area contributed by atoms with E-state index in [0.29, 0.717) is 11.4 Å². The minimum Gasteiger partial charge on any atom is -0.327 e. The fourth-order valence-electron chi connectivity index (χ4n) is 1.11. The maximum Gasteiger partial charge on any atom is 0.124 e. The van der Waals surface area contributed by atoms with E-state index >= 15 is 0 Å². The third-order valence-electron chi connectivity index (χ3n) is 2.02. The minimum atomic E-state index is -0.307. The molecule has 0 aliphatic carbocycles. The number of hydrogen-bond donors (Lipinski definition) is 1. The Hall–Kier alpha value is -0.600. The summed E-state index contributed by atoms with van der Waals surface area (Å²) in [4.78, 5) is 0. The second-order valence-corrected chi connectivity index (χ2v) is 3.52. The summed E-state index contributed by atoms with van der Waals surface area (Å²) in [7, 11) is 0. The van der Waals surface area contributed by atoms with Crippen LogP contribution in [0.15, 0.2) is 18.2 Å². The molecule has 0 amide bonds. The Labute approximate surface area is 82.7 Å². The van der Waals surface area contributed by atoms with Crippen molar-refractivity contribution in [3.05, 3.63) is 34.6 Å². The first kappa shape index (κ1) is 10.5. The van der Waals surface area contributed by atoms with E-state index < -0.39 is 0 Å². The molecular formula is C10H13ClFN. The van der Waals surface area contributed by atoms with Crippen LogP contribution in [0.2, 0.25) is 5.02 Å². The molecule has 1 rings (SSSR count). The molecule has 1 aromatic carbocycles. The van der Waals surface area contributed by atoms with Crippen molar-refractivity contribution in [1.82, 2.24) is 0 Å². The number of benzene rings is 1. The van der Waals surface area contributed by atoms with Gasteiger partial charge in [0.25, 0.3) is 0 Å². The van der Waals surface area contributed by atoms with Crippen LogP contribution in [0.3, 0.4) is 0 Å². The first-order valence-corrected chi connectivity index (χ1v) is 4.70. The molecule has 0 fully saturated rings. The van der Waals surface area contributed by atoms with Crippen LogP contribution in [-0.4, -0.2) is 6.04 Å². The molecule has 0 saturated carbocycles. The summed E-state index contributed by atoms with van der Waals surface area (Å²) < 4.78 is 12.7. The largest absolute Gasteiger partial charge is 0.327 e. The Kier molecular flexibility index (Phi) is 3.70. The number of rotatable bonds is 3. The molecule has 0 unspecified atom stereocenters. The monoisotopic (exact) mass is 201 g/mol. The lowest BCUT2D eigenvalue weighted by Crippen LogP contribution is -2.21. The van der Waals surface area contributed by atoms with Crippen LogP contribution in [0.1, 0.15) is 18.9 Å². The highest BCUT2D eigenvalue weighted by Crippen LogP contribution is 2.18. The van der Waals surface area contributed by atoms with Gasteiger partial charge in [0.1, 0.15) is 5.82 Å². The molecule has 3 heteroatoms. The lowest BCUT2D eigenvalue weighted by Gasteiger charge is -2.09. The zero-order valence-corrected chi connectivity index (χ0v) is 8.31. The zero-order chi connectivity index (χ0) is 9.84. The van der Waals surface area contributed by atoms with Gasteiger partial charge in [-0.25, -0.2) is 4.39 Å². The predicted octanol–water partition coefficient (Wildman–Crippen LogP) is 2.76. The standard InChI is InChI=1S/C10H13ClFN/c1-2-9(13)5-7-3-4-8(12)6-10(7)11/h3-4,6,9H,2,5,13H2,1H3/t9-/m0/s1. The quantitative estimate of drug-likeness (QED) is 0.800. The van der Waals surface area contributed by atoms with E-state index in [2.05, 4.69) is 0 Å². The van der Waals surface area contributed by atoms with Gasteiger partial charge in [-0.3, -0.25) is 0 Å². The Morgan fingerprint density at radius 3 is 2.77 bits per heavy atom. The Balaban J connectivity index is 2.77. The van der Waals surface area contributed by atoms with Crippen molar-refractivity contribution >= 4 is 11.6 Å². The second kappa shape index (κ2) is 4.58. The highest BCUT2D eigenvalue weighted by Gasteiger charge is 2.05. The van der Waals surface area contributed by atoms with Crippen LogP contribution in [0.25, 0.3) is 0 Å². The number of halogens is 2. The summed E-state index contributed by atoms with van der Waals surface area (Å²) in [6.07, 6.45) is 1.60.